The van der Waals surface area contributed by atoms with E-state index in [1.165, 1.54) is 39.8 Å². The summed E-state index contributed by atoms with van der Waals surface area (Å²) in [5.41, 5.74) is -10.9. The average molecular weight is 955 g/mol. The van der Waals surface area contributed by atoms with Crippen LogP contribution < -0.4 is 5.32 Å². The Bertz CT molecular complexity index is 1880. The van der Waals surface area contributed by atoms with Crippen molar-refractivity contribution in [1.82, 2.24) is 10.2 Å². The van der Waals surface area contributed by atoms with Gasteiger partial charge in [-0.2, -0.15) is 0 Å². The minimum absolute atomic E-state index is 0.0158. The Hall–Kier alpha value is -2.90. The summed E-state index contributed by atoms with van der Waals surface area (Å²) in [5.74, 6) is -7.59. The van der Waals surface area contributed by atoms with E-state index in [1.807, 2.05) is 11.8 Å². The molecule has 7 N–H and O–H groups in total. The zero-order chi connectivity index (χ0) is 50.4. The number of cyclic esters (lactones) is 1. The van der Waals surface area contributed by atoms with Crippen LogP contribution in [0.4, 0.5) is 8.78 Å². The summed E-state index contributed by atoms with van der Waals surface area (Å²) in [4.78, 5) is 55.6. The van der Waals surface area contributed by atoms with Gasteiger partial charge >= 0.3 is 17.9 Å². The van der Waals surface area contributed by atoms with Gasteiger partial charge in [0.25, 0.3) is 0 Å². The lowest BCUT2D eigenvalue weighted by Gasteiger charge is -2.63. The maximum absolute atomic E-state index is 17.9. The van der Waals surface area contributed by atoms with Gasteiger partial charge in [0.2, 0.25) is 5.60 Å². The predicted octanol–water partition coefficient (Wildman–Crippen LogP) is 3.68. The highest BCUT2D eigenvalue weighted by Crippen LogP contribution is 2.71. The second-order valence-electron chi connectivity index (χ2n) is 21.8. The Morgan fingerprint density at radius 2 is 1.60 bits per heavy atom. The summed E-state index contributed by atoms with van der Waals surface area (Å²) in [7, 11) is 0. The van der Waals surface area contributed by atoms with Crippen molar-refractivity contribution in [1.29, 1.82) is 0 Å². The average Bonchev–Trinajstić information content (AvgIpc) is 3.47. The van der Waals surface area contributed by atoms with Crippen LogP contribution in [0.2, 0.25) is 0 Å². The number of nitrogens with one attached hydrogen (secondary N) is 1. The van der Waals surface area contributed by atoms with E-state index < -0.39 is 129 Å². The van der Waals surface area contributed by atoms with Crippen LogP contribution in [-0.2, 0) is 33.4 Å². The molecule has 0 bridgehead atoms. The lowest BCUT2D eigenvalue weighted by molar-refractivity contribution is -0.239. The van der Waals surface area contributed by atoms with Crippen LogP contribution in [-0.4, -0.2) is 157 Å². The largest absolute Gasteiger partial charge is 0.463 e. The van der Waals surface area contributed by atoms with Crippen LogP contribution in [0.1, 0.15) is 121 Å². The van der Waals surface area contributed by atoms with E-state index in [2.05, 4.69) is 5.32 Å². The predicted molar refractivity (Wildman–Crippen MR) is 243 cm³/mol. The van der Waals surface area contributed by atoms with Gasteiger partial charge in [0.15, 0.2) is 11.5 Å². The van der Waals surface area contributed by atoms with Gasteiger partial charge in [-0.25, -0.2) is 13.6 Å². The Kier molecular flexibility index (Phi) is 16.8. The van der Waals surface area contributed by atoms with Gasteiger partial charge in [-0.15, -0.1) is 0 Å². The normalized spacial score (nSPS) is 46.5. The monoisotopic (exact) mass is 955 g/mol. The topological polar surface area (TPSA) is 233 Å². The zero-order valence-electron chi connectivity index (χ0n) is 41.5. The molecule has 3 saturated carbocycles. The number of ketones is 1. The second-order valence-corrected chi connectivity index (χ2v) is 21.8. The standard InChI is InChI=1S/C50H80F2N2O13/c1-12-38-48(11,64)42(60)31(7)54(26-27(3)24-47(10,63)41(59)29(5)40(58)30(6)43(61)66-38)20-14-18-53-19-16-39(57)67-50(44(62)65-13-2)28(4)21-33-34-23-36(51)35-22-32(55)15-17-45(35,8)49(34,52)37(56)25-46(33,50)9/h15,17,22,27-31,33-34,36-38,40-42,53,56,58-60,63-64H,12-14,16,18-21,23-26H2,1-11H3/t27-,28-,29+,30-,31-,33?,34?,36+,37+,38-,40+,41-,42-,45+,46+,47-,48-,49+,50+/m1/s1. The first kappa shape index (κ1) is 55.0. The number of allylic oxidation sites excluding steroid dienone is 4. The molecular formula is C50H80F2N2O13. The van der Waals surface area contributed by atoms with Gasteiger partial charge in [-0.3, -0.25) is 19.3 Å². The molecule has 0 aromatic heterocycles. The van der Waals surface area contributed by atoms with Crippen molar-refractivity contribution in [3.63, 3.8) is 0 Å². The van der Waals surface area contributed by atoms with Gasteiger partial charge in [0, 0.05) is 47.7 Å². The maximum atomic E-state index is 17.9. The third-order valence-electron chi connectivity index (χ3n) is 17.1. The SMILES string of the molecule is CCOC(=O)[C@@]1(OC(=O)CCNCCCN2C[C@H](C)C[C@@](C)(O)[C@H](O)[C@@H](C)[C@H](O)[C@@H](C)C(=O)O[C@H](CC)[C@@](C)(O)[C@H](O)[C@H]2C)[C@H](C)CC2C3C[C@H](F)C4=CC(=O)C=C[C@]4(C)[C@@]3(F)[C@@H](O)C[C@@]21C. The number of aliphatic hydroxyl groups excluding tert-OH is 4. The molecule has 0 aromatic rings. The molecule has 4 fully saturated rings. The number of carbonyl (C=O) groups is 4. The molecule has 0 spiro atoms. The summed E-state index contributed by atoms with van der Waals surface area (Å²) in [6, 6.07) is -0.699. The van der Waals surface area contributed by atoms with Crippen molar-refractivity contribution in [2.75, 3.05) is 32.8 Å². The quantitative estimate of drug-likeness (QED) is 0.0890. The second kappa shape index (κ2) is 20.4. The maximum Gasteiger partial charge on any atom is 0.351 e. The molecule has 19 atom stereocenters. The molecular weight excluding hydrogens is 875 g/mol. The van der Waals surface area contributed by atoms with Crippen molar-refractivity contribution < 1.29 is 72.8 Å². The first-order valence-electron chi connectivity index (χ1n) is 24.5. The van der Waals surface area contributed by atoms with Crippen LogP contribution in [0.3, 0.4) is 0 Å². The number of aliphatic hydroxyl groups is 6. The minimum Gasteiger partial charge on any atom is -0.463 e. The number of esters is 3. The Labute approximate surface area is 395 Å². The van der Waals surface area contributed by atoms with Crippen LogP contribution in [0.25, 0.3) is 0 Å². The molecule has 1 aliphatic heterocycles. The molecule has 0 aromatic carbocycles. The summed E-state index contributed by atoms with van der Waals surface area (Å²) in [6.45, 7) is 18.9. The molecule has 0 radical (unpaired) electrons. The number of hydrogen-bond donors (Lipinski definition) is 7. The number of fused-ring (bicyclic) bond motifs is 5. The van der Waals surface area contributed by atoms with Gasteiger partial charge < -0.3 is 50.2 Å². The summed E-state index contributed by atoms with van der Waals surface area (Å²) in [6.07, 6.45) is -4.92. The highest BCUT2D eigenvalue weighted by Gasteiger charge is 2.79. The van der Waals surface area contributed by atoms with Crippen molar-refractivity contribution in [2.45, 2.75) is 186 Å². The van der Waals surface area contributed by atoms with E-state index >= 15 is 8.78 Å². The lowest BCUT2D eigenvalue weighted by atomic mass is 9.44. The molecule has 1 heterocycles. The Morgan fingerprint density at radius 3 is 2.22 bits per heavy atom. The van der Waals surface area contributed by atoms with Gasteiger partial charge in [-0.1, -0.05) is 40.7 Å². The molecule has 1 saturated heterocycles. The lowest BCUT2D eigenvalue weighted by Crippen LogP contribution is -2.71. The van der Waals surface area contributed by atoms with E-state index in [1.54, 1.807) is 41.5 Å². The van der Waals surface area contributed by atoms with Gasteiger partial charge in [-0.05, 0) is 123 Å². The molecule has 17 heteroatoms. The van der Waals surface area contributed by atoms with E-state index in [-0.39, 0.29) is 63.2 Å². The number of carbonyl (C=O) groups excluding carboxylic acids is 4. The Balaban J connectivity index is 1.29. The number of alkyl halides is 2. The number of nitrogens with zero attached hydrogens (tertiary/aromatic N) is 1. The highest BCUT2D eigenvalue weighted by atomic mass is 19.1. The molecule has 5 aliphatic rings. The molecule has 382 valence electrons. The van der Waals surface area contributed by atoms with Crippen molar-refractivity contribution >= 4 is 23.7 Å². The van der Waals surface area contributed by atoms with E-state index in [9.17, 15) is 49.8 Å². The Morgan fingerprint density at radius 1 is 0.940 bits per heavy atom. The highest BCUT2D eigenvalue weighted by molar-refractivity contribution is 6.01. The van der Waals surface area contributed by atoms with E-state index in [0.29, 0.717) is 26.1 Å². The minimum atomic E-state index is -2.38. The number of hydrogen-bond acceptors (Lipinski definition) is 15. The van der Waals surface area contributed by atoms with Crippen molar-refractivity contribution in [3.8, 4) is 0 Å². The van der Waals surface area contributed by atoms with Gasteiger partial charge in [0.05, 0.1) is 42.9 Å². The third-order valence-corrected chi connectivity index (χ3v) is 17.1. The van der Waals surface area contributed by atoms with Crippen LogP contribution in [0.15, 0.2) is 23.8 Å². The first-order valence-corrected chi connectivity index (χ1v) is 24.5. The fourth-order valence-corrected chi connectivity index (χ4v) is 13.3. The molecule has 67 heavy (non-hydrogen) atoms. The zero-order valence-corrected chi connectivity index (χ0v) is 41.5. The number of rotatable bonds is 11. The molecule has 2 unspecified atom stereocenters. The van der Waals surface area contributed by atoms with Gasteiger partial charge in [0.1, 0.15) is 24.0 Å². The summed E-state index contributed by atoms with van der Waals surface area (Å²) in [5, 5.41) is 72.3. The van der Waals surface area contributed by atoms with Crippen molar-refractivity contribution in [3.05, 3.63) is 23.8 Å². The molecule has 15 nitrogen and oxygen atoms in total. The van der Waals surface area contributed by atoms with Crippen LogP contribution in [0.5, 0.6) is 0 Å². The molecule has 4 aliphatic carbocycles. The number of ether oxygens (including phenoxy) is 3. The molecule has 5 rings (SSSR count). The third kappa shape index (κ3) is 9.67. The summed E-state index contributed by atoms with van der Waals surface area (Å²) < 4.78 is 51.5. The fourth-order valence-electron chi connectivity index (χ4n) is 13.3. The summed E-state index contributed by atoms with van der Waals surface area (Å²) >= 11 is 0. The smallest absolute Gasteiger partial charge is 0.351 e. The first-order chi connectivity index (χ1) is 31.0. The van der Waals surface area contributed by atoms with Crippen LogP contribution >= 0.6 is 0 Å². The van der Waals surface area contributed by atoms with Crippen LogP contribution in [0, 0.1) is 46.3 Å². The van der Waals surface area contributed by atoms with E-state index in [0.717, 1.165) is 6.08 Å². The van der Waals surface area contributed by atoms with E-state index in [4.69, 9.17) is 14.2 Å². The van der Waals surface area contributed by atoms with Crippen molar-refractivity contribution in [2.24, 2.45) is 46.3 Å². The number of halogens is 2. The fraction of sp³-hybridized carbons (Fsp3) is 0.840. The molecule has 0 amide bonds.